The minimum Gasteiger partial charge on any atom is -0.443 e. The lowest BCUT2D eigenvalue weighted by molar-refractivity contribution is -0.134. The highest BCUT2D eigenvalue weighted by atomic mass is 19.1. The molecule has 4 rings (SSSR count). The molecule has 3 N–H and O–H groups in total. The Morgan fingerprint density at radius 1 is 1.10 bits per heavy atom. The Balaban J connectivity index is 1.75. The number of imide groups is 1. The summed E-state index contributed by atoms with van der Waals surface area (Å²) in [5.41, 5.74) is 5.13. The van der Waals surface area contributed by atoms with Crippen molar-refractivity contribution in [3.05, 3.63) is 89.0 Å². The summed E-state index contributed by atoms with van der Waals surface area (Å²) in [6.45, 7) is 4.86. The van der Waals surface area contributed by atoms with E-state index in [1.165, 1.54) is 18.3 Å². The number of halogens is 3. The van der Waals surface area contributed by atoms with Gasteiger partial charge in [0, 0.05) is 24.2 Å². The van der Waals surface area contributed by atoms with Crippen LogP contribution >= 0.6 is 0 Å². The highest BCUT2D eigenvalue weighted by molar-refractivity contribution is 6.01. The van der Waals surface area contributed by atoms with E-state index < -0.39 is 59.0 Å². The van der Waals surface area contributed by atoms with Crippen molar-refractivity contribution in [2.45, 2.75) is 57.7 Å². The summed E-state index contributed by atoms with van der Waals surface area (Å²) >= 11 is 0. The lowest BCUT2D eigenvalue weighted by Gasteiger charge is -2.28. The molecule has 0 radical (unpaired) electrons. The Morgan fingerprint density at radius 2 is 1.79 bits per heavy atom. The van der Waals surface area contributed by atoms with Crippen LogP contribution in [0.4, 0.5) is 18.0 Å². The number of primary amides is 1. The number of nitrogens with one attached hydrogen (secondary N) is 1. The van der Waals surface area contributed by atoms with Gasteiger partial charge in [-0.05, 0) is 75.1 Å². The van der Waals surface area contributed by atoms with Gasteiger partial charge in [0.15, 0.2) is 0 Å². The smallest absolute Gasteiger partial charge is 0.417 e. The van der Waals surface area contributed by atoms with E-state index in [0.717, 1.165) is 23.1 Å². The van der Waals surface area contributed by atoms with Crippen molar-refractivity contribution in [2.24, 2.45) is 5.73 Å². The van der Waals surface area contributed by atoms with Crippen LogP contribution in [0.2, 0.25) is 0 Å². The van der Waals surface area contributed by atoms with Crippen LogP contribution in [-0.4, -0.2) is 45.3 Å². The maximum absolute atomic E-state index is 14.2. The zero-order valence-electron chi connectivity index (χ0n) is 23.1. The third-order valence-electron chi connectivity index (χ3n) is 6.49. The summed E-state index contributed by atoms with van der Waals surface area (Å²) in [5.74, 6) is -4.80. The van der Waals surface area contributed by atoms with Gasteiger partial charge in [0.25, 0.3) is 5.91 Å². The summed E-state index contributed by atoms with van der Waals surface area (Å²) in [6, 6.07) is 7.51. The van der Waals surface area contributed by atoms with Crippen LogP contribution in [0.15, 0.2) is 54.7 Å². The van der Waals surface area contributed by atoms with Gasteiger partial charge in [-0.3, -0.25) is 19.4 Å². The Kier molecular flexibility index (Phi) is 8.64. The van der Waals surface area contributed by atoms with E-state index >= 15 is 0 Å². The molecule has 12 heteroatoms. The van der Waals surface area contributed by atoms with Crippen molar-refractivity contribution in [1.29, 1.82) is 0 Å². The first-order chi connectivity index (χ1) is 19.7. The van der Waals surface area contributed by atoms with Gasteiger partial charge in [-0.25, -0.2) is 22.9 Å². The molecule has 3 aromatic rings. The summed E-state index contributed by atoms with van der Waals surface area (Å²) in [4.78, 5) is 55.9. The molecule has 4 amide bonds. The molecule has 2 atom stereocenters. The quantitative estimate of drug-likeness (QED) is 0.419. The predicted molar refractivity (Wildman–Crippen MR) is 145 cm³/mol. The number of ether oxygens (including phenoxy) is 1. The largest absolute Gasteiger partial charge is 0.443 e. The van der Waals surface area contributed by atoms with Gasteiger partial charge in [-0.15, -0.1) is 0 Å². The first kappa shape index (κ1) is 30.2. The molecule has 1 aromatic heterocycles. The number of rotatable bonds is 7. The summed E-state index contributed by atoms with van der Waals surface area (Å²) in [5, 5.41) is 2.78. The third-order valence-corrected chi connectivity index (χ3v) is 6.49. The van der Waals surface area contributed by atoms with Crippen LogP contribution in [0.5, 0.6) is 0 Å². The molecule has 0 aliphatic carbocycles. The second kappa shape index (κ2) is 12.0. The molecule has 1 fully saturated rings. The molecule has 42 heavy (non-hydrogen) atoms. The van der Waals surface area contributed by atoms with E-state index in [9.17, 15) is 32.3 Å². The number of nitrogens with zero attached hydrogens (tertiary/aromatic N) is 2. The van der Waals surface area contributed by atoms with E-state index in [1.807, 2.05) is 0 Å². The molecule has 0 unspecified atom stereocenters. The average Bonchev–Trinajstić information content (AvgIpc) is 3.28. The monoisotopic (exact) mass is 582 g/mol. The van der Waals surface area contributed by atoms with Crippen molar-refractivity contribution >= 4 is 23.8 Å². The first-order valence-corrected chi connectivity index (χ1v) is 13.1. The normalized spacial score (nSPS) is 15.8. The fraction of sp³-hybridized carbons (Fsp3) is 0.300. The van der Waals surface area contributed by atoms with E-state index in [4.69, 9.17) is 10.5 Å². The number of hydrogen-bond acceptors (Lipinski definition) is 6. The second-order valence-corrected chi connectivity index (χ2v) is 10.8. The van der Waals surface area contributed by atoms with Gasteiger partial charge < -0.3 is 15.8 Å². The first-order valence-electron chi connectivity index (χ1n) is 13.1. The van der Waals surface area contributed by atoms with E-state index in [1.54, 1.807) is 32.9 Å². The molecule has 220 valence electrons. The molecule has 0 bridgehead atoms. The Bertz CT molecular complexity index is 1540. The highest BCUT2D eigenvalue weighted by Gasteiger charge is 2.43. The zero-order chi connectivity index (χ0) is 30.8. The molecule has 1 aliphatic rings. The van der Waals surface area contributed by atoms with E-state index in [2.05, 4.69) is 10.3 Å². The SMILES string of the molecule is CC(C)(C)OC(=O)N1C(=O)CC[C@H]1C(=O)N[C@@H](Cc1cc(F)cc(F)c1)c1ncccc1-c1ccc(F)c(C(N)=O)c1. The Hall–Kier alpha value is -4.74. The number of carbonyl (C=O) groups is 4. The van der Waals surface area contributed by atoms with Crippen LogP contribution in [0.1, 0.15) is 61.3 Å². The highest BCUT2D eigenvalue weighted by Crippen LogP contribution is 2.31. The number of benzene rings is 2. The fourth-order valence-corrected chi connectivity index (χ4v) is 4.74. The fourth-order valence-electron chi connectivity index (χ4n) is 4.74. The van der Waals surface area contributed by atoms with Crippen LogP contribution in [0.3, 0.4) is 0 Å². The summed E-state index contributed by atoms with van der Waals surface area (Å²) < 4.78 is 47.7. The minimum atomic E-state index is -1.21. The van der Waals surface area contributed by atoms with Gasteiger partial charge in [-0.2, -0.15) is 0 Å². The Morgan fingerprint density at radius 3 is 2.43 bits per heavy atom. The van der Waals surface area contributed by atoms with Crippen LogP contribution in [-0.2, 0) is 20.7 Å². The van der Waals surface area contributed by atoms with Gasteiger partial charge in [0.1, 0.15) is 29.1 Å². The maximum Gasteiger partial charge on any atom is 0.417 e. The Labute approximate surface area is 239 Å². The number of hydrogen-bond donors (Lipinski definition) is 2. The van der Waals surface area contributed by atoms with Gasteiger partial charge >= 0.3 is 6.09 Å². The lowest BCUT2D eigenvalue weighted by Crippen LogP contribution is -2.50. The number of aromatic nitrogens is 1. The van der Waals surface area contributed by atoms with E-state index in [0.29, 0.717) is 17.2 Å². The molecule has 1 aliphatic heterocycles. The number of amides is 4. The molecular formula is C30H29F3N4O5. The number of pyridine rings is 1. The van der Waals surface area contributed by atoms with Gasteiger partial charge in [0.2, 0.25) is 11.8 Å². The van der Waals surface area contributed by atoms with Crippen molar-refractivity contribution in [3.8, 4) is 11.1 Å². The molecular weight excluding hydrogens is 553 g/mol. The summed E-state index contributed by atoms with van der Waals surface area (Å²) in [7, 11) is 0. The topological polar surface area (TPSA) is 132 Å². The average molecular weight is 583 g/mol. The minimum absolute atomic E-state index is 0.0280. The van der Waals surface area contributed by atoms with Gasteiger partial charge in [0.05, 0.1) is 17.3 Å². The molecule has 1 saturated heterocycles. The van der Waals surface area contributed by atoms with Crippen LogP contribution < -0.4 is 11.1 Å². The third kappa shape index (κ3) is 6.93. The van der Waals surface area contributed by atoms with Gasteiger partial charge in [-0.1, -0.05) is 12.1 Å². The van der Waals surface area contributed by atoms with Crippen molar-refractivity contribution in [2.75, 3.05) is 0 Å². The number of carbonyl (C=O) groups excluding carboxylic acids is 4. The lowest BCUT2D eigenvalue weighted by atomic mass is 9.94. The number of likely N-dealkylation sites (tertiary alicyclic amines) is 1. The predicted octanol–water partition coefficient (Wildman–Crippen LogP) is 4.59. The van der Waals surface area contributed by atoms with Crippen molar-refractivity contribution in [3.63, 3.8) is 0 Å². The van der Waals surface area contributed by atoms with Crippen LogP contribution in [0, 0.1) is 17.5 Å². The van der Waals surface area contributed by atoms with Crippen LogP contribution in [0.25, 0.3) is 11.1 Å². The van der Waals surface area contributed by atoms with Crippen molar-refractivity contribution in [1.82, 2.24) is 15.2 Å². The second-order valence-electron chi connectivity index (χ2n) is 10.8. The maximum atomic E-state index is 14.2. The zero-order valence-corrected chi connectivity index (χ0v) is 23.1. The molecule has 2 aromatic carbocycles. The summed E-state index contributed by atoms with van der Waals surface area (Å²) in [6.07, 6.45) is 0.256. The standard InChI is InChI=1S/C30H29F3N4O5/c1-30(2,3)42-29(41)37-24(8-9-25(37)38)28(40)36-23(13-16-11-18(31)15-19(32)12-16)26-20(5-4-10-35-26)17-6-7-22(33)21(14-17)27(34)39/h4-7,10-12,14-15,23-24H,8-9,13H2,1-3H3,(H2,34,39)(H,36,40)/t23-,24-/m0/s1. The molecule has 9 nitrogen and oxygen atoms in total. The molecule has 2 heterocycles. The number of nitrogens with two attached hydrogens (primary N) is 1. The van der Waals surface area contributed by atoms with E-state index in [-0.39, 0.29) is 36.1 Å². The molecule has 0 spiro atoms. The molecule has 0 saturated carbocycles. The van der Waals surface area contributed by atoms with Crippen molar-refractivity contribution < 1.29 is 37.1 Å².